The van der Waals surface area contributed by atoms with Crippen LogP contribution >= 0.6 is 11.6 Å². The van der Waals surface area contributed by atoms with Gasteiger partial charge in [-0.05, 0) is 25.3 Å². The molecule has 0 atom stereocenters. The number of aryl methyl sites for hydroxylation is 1. The van der Waals surface area contributed by atoms with Crippen LogP contribution in [-0.4, -0.2) is 71.6 Å². The Kier molecular flexibility index (Phi) is 8.24. The van der Waals surface area contributed by atoms with Gasteiger partial charge in [0.1, 0.15) is 10.7 Å². The van der Waals surface area contributed by atoms with Crippen molar-refractivity contribution >= 4 is 23.5 Å². The van der Waals surface area contributed by atoms with Gasteiger partial charge in [0, 0.05) is 25.2 Å². The first kappa shape index (κ1) is 24.7. The summed E-state index contributed by atoms with van der Waals surface area (Å²) < 4.78 is 12.4. The summed E-state index contributed by atoms with van der Waals surface area (Å²) in [5.41, 5.74) is 1.64. The van der Waals surface area contributed by atoms with E-state index in [4.69, 9.17) is 21.1 Å². The third-order valence-corrected chi connectivity index (χ3v) is 7.24. The zero-order valence-electron chi connectivity index (χ0n) is 19.7. The molecule has 1 aromatic heterocycles. The Labute approximate surface area is 205 Å². The number of carbonyl (C=O) groups is 2. The summed E-state index contributed by atoms with van der Waals surface area (Å²) in [6, 6.07) is 9.73. The van der Waals surface area contributed by atoms with Gasteiger partial charge in [-0.25, -0.2) is 9.48 Å². The summed E-state index contributed by atoms with van der Waals surface area (Å²) in [5.74, 6) is -0.950. The highest BCUT2D eigenvalue weighted by Gasteiger charge is 2.38. The Bertz CT molecular complexity index is 982. The van der Waals surface area contributed by atoms with E-state index in [1.54, 1.807) is 11.6 Å². The summed E-state index contributed by atoms with van der Waals surface area (Å²) in [5, 5.41) is 7.60. The summed E-state index contributed by atoms with van der Waals surface area (Å²) in [6.45, 7) is 5.58. The van der Waals surface area contributed by atoms with Crippen LogP contribution < -0.4 is 5.32 Å². The number of rotatable bonds is 8. The number of halogens is 1. The van der Waals surface area contributed by atoms with Crippen LogP contribution in [0.3, 0.4) is 0 Å². The fourth-order valence-electron chi connectivity index (χ4n) is 5.02. The minimum Gasteiger partial charge on any atom is -0.452 e. The molecule has 184 valence electrons. The SMILES string of the molecule is Cc1nn(Cc2ccccc2)c(Cl)c1C(=O)OCC(=O)NCC1(N2CCOCC2)CCCCC1. The molecule has 1 saturated carbocycles. The van der Waals surface area contributed by atoms with Crippen molar-refractivity contribution < 1.29 is 19.1 Å². The van der Waals surface area contributed by atoms with E-state index in [0.717, 1.165) is 57.6 Å². The topological polar surface area (TPSA) is 85.7 Å². The van der Waals surface area contributed by atoms with E-state index in [1.807, 2.05) is 30.3 Å². The van der Waals surface area contributed by atoms with Crippen molar-refractivity contribution in [2.24, 2.45) is 0 Å². The first-order valence-corrected chi connectivity index (χ1v) is 12.4. The maximum absolute atomic E-state index is 12.7. The smallest absolute Gasteiger partial charge is 0.343 e. The van der Waals surface area contributed by atoms with E-state index >= 15 is 0 Å². The van der Waals surface area contributed by atoms with Crippen molar-refractivity contribution in [3.63, 3.8) is 0 Å². The average Bonchev–Trinajstić information content (AvgIpc) is 3.15. The molecule has 9 heteroatoms. The second-order valence-electron chi connectivity index (χ2n) is 9.13. The third-order valence-electron chi connectivity index (χ3n) is 6.86. The van der Waals surface area contributed by atoms with E-state index in [1.165, 1.54) is 6.42 Å². The van der Waals surface area contributed by atoms with Gasteiger partial charge in [-0.3, -0.25) is 9.69 Å². The van der Waals surface area contributed by atoms with Gasteiger partial charge in [-0.15, -0.1) is 0 Å². The van der Waals surface area contributed by atoms with Gasteiger partial charge in [0.25, 0.3) is 5.91 Å². The Balaban J connectivity index is 1.32. The second kappa shape index (κ2) is 11.3. The van der Waals surface area contributed by atoms with Gasteiger partial charge >= 0.3 is 5.97 Å². The lowest BCUT2D eigenvalue weighted by atomic mass is 9.79. The van der Waals surface area contributed by atoms with Gasteiger partial charge in [-0.2, -0.15) is 5.10 Å². The van der Waals surface area contributed by atoms with Gasteiger partial charge in [0.15, 0.2) is 6.61 Å². The van der Waals surface area contributed by atoms with Crippen LogP contribution in [0.5, 0.6) is 0 Å². The Morgan fingerprint density at radius 1 is 1.15 bits per heavy atom. The van der Waals surface area contributed by atoms with Crippen molar-refractivity contribution in [2.45, 2.75) is 51.1 Å². The molecule has 1 saturated heterocycles. The fourth-order valence-corrected chi connectivity index (χ4v) is 5.33. The molecule has 2 aromatic rings. The molecular formula is C25H33ClN4O4. The number of morpholine rings is 1. The molecule has 34 heavy (non-hydrogen) atoms. The number of hydrogen-bond acceptors (Lipinski definition) is 6. The number of carbonyl (C=O) groups excluding carboxylic acids is 2. The molecule has 1 amide bonds. The van der Waals surface area contributed by atoms with E-state index in [0.29, 0.717) is 18.8 Å². The van der Waals surface area contributed by atoms with E-state index in [9.17, 15) is 9.59 Å². The molecule has 1 aromatic carbocycles. The minimum absolute atomic E-state index is 0.0415. The Hall–Kier alpha value is -2.42. The van der Waals surface area contributed by atoms with Gasteiger partial charge < -0.3 is 14.8 Å². The van der Waals surface area contributed by atoms with Crippen molar-refractivity contribution in [1.82, 2.24) is 20.0 Å². The number of esters is 1. The monoisotopic (exact) mass is 488 g/mol. The third kappa shape index (κ3) is 5.79. The predicted molar refractivity (Wildman–Crippen MR) is 129 cm³/mol. The summed E-state index contributed by atoms with van der Waals surface area (Å²) >= 11 is 6.44. The van der Waals surface area contributed by atoms with E-state index in [2.05, 4.69) is 15.3 Å². The molecular weight excluding hydrogens is 456 g/mol. The van der Waals surface area contributed by atoms with Gasteiger partial charge in [0.2, 0.25) is 0 Å². The molecule has 1 aliphatic heterocycles. The lowest BCUT2D eigenvalue weighted by molar-refractivity contribution is -0.125. The number of nitrogens with one attached hydrogen (secondary N) is 1. The number of amides is 1. The molecule has 4 rings (SSSR count). The van der Waals surface area contributed by atoms with Crippen molar-refractivity contribution in [3.8, 4) is 0 Å². The van der Waals surface area contributed by atoms with Crippen LogP contribution in [0, 0.1) is 6.92 Å². The zero-order chi connectivity index (χ0) is 24.0. The Morgan fingerprint density at radius 2 is 1.85 bits per heavy atom. The lowest BCUT2D eigenvalue weighted by Gasteiger charge is -2.48. The highest BCUT2D eigenvalue weighted by Crippen LogP contribution is 2.34. The highest BCUT2D eigenvalue weighted by atomic mass is 35.5. The summed E-state index contributed by atoms with van der Waals surface area (Å²) in [4.78, 5) is 27.8. The highest BCUT2D eigenvalue weighted by molar-refractivity contribution is 6.32. The van der Waals surface area contributed by atoms with Crippen LogP contribution in [0.25, 0.3) is 0 Å². The lowest BCUT2D eigenvalue weighted by Crippen LogP contribution is -2.59. The molecule has 2 heterocycles. The van der Waals surface area contributed by atoms with Crippen LogP contribution in [0.15, 0.2) is 30.3 Å². The van der Waals surface area contributed by atoms with Crippen molar-refractivity contribution in [3.05, 3.63) is 52.3 Å². The van der Waals surface area contributed by atoms with E-state index in [-0.39, 0.29) is 28.8 Å². The summed E-state index contributed by atoms with van der Waals surface area (Å²) in [6.07, 6.45) is 5.67. The van der Waals surface area contributed by atoms with Gasteiger partial charge in [-0.1, -0.05) is 61.2 Å². The first-order valence-electron chi connectivity index (χ1n) is 12.0. The predicted octanol–water partition coefficient (Wildman–Crippen LogP) is 3.20. The Morgan fingerprint density at radius 3 is 2.56 bits per heavy atom. The standard InChI is InChI=1S/C25H33ClN4O4/c1-19-22(23(26)30(28-19)16-20-8-4-2-5-9-20)24(32)34-17-21(31)27-18-25(10-6-3-7-11-25)29-12-14-33-15-13-29/h2,4-5,8-9H,3,6-7,10-18H2,1H3,(H,27,31). The van der Waals surface area contributed by atoms with Crippen LogP contribution in [0.2, 0.25) is 5.15 Å². The summed E-state index contributed by atoms with van der Waals surface area (Å²) in [7, 11) is 0. The molecule has 1 aliphatic carbocycles. The zero-order valence-corrected chi connectivity index (χ0v) is 20.5. The van der Waals surface area contributed by atoms with Gasteiger partial charge in [0.05, 0.1) is 25.5 Å². The van der Waals surface area contributed by atoms with Crippen molar-refractivity contribution in [2.75, 3.05) is 39.5 Å². The maximum atomic E-state index is 12.7. The molecule has 0 unspecified atom stereocenters. The number of nitrogens with zero attached hydrogens (tertiary/aromatic N) is 3. The average molecular weight is 489 g/mol. The van der Waals surface area contributed by atoms with Crippen molar-refractivity contribution in [1.29, 1.82) is 0 Å². The number of aromatic nitrogens is 2. The van der Waals surface area contributed by atoms with Crippen LogP contribution in [-0.2, 0) is 20.8 Å². The molecule has 1 N–H and O–H groups in total. The number of hydrogen-bond donors (Lipinski definition) is 1. The molecule has 0 bridgehead atoms. The molecule has 0 spiro atoms. The molecule has 0 radical (unpaired) electrons. The minimum atomic E-state index is -0.641. The number of ether oxygens (including phenoxy) is 2. The largest absolute Gasteiger partial charge is 0.452 e. The second-order valence-corrected chi connectivity index (χ2v) is 9.49. The first-order chi connectivity index (χ1) is 16.5. The number of benzene rings is 1. The fraction of sp³-hybridized carbons (Fsp3) is 0.560. The quantitative estimate of drug-likeness (QED) is 0.574. The normalized spacial score (nSPS) is 18.4. The van der Waals surface area contributed by atoms with Crippen LogP contribution in [0.1, 0.15) is 53.7 Å². The van der Waals surface area contributed by atoms with Crippen LogP contribution in [0.4, 0.5) is 0 Å². The maximum Gasteiger partial charge on any atom is 0.343 e. The molecule has 2 aliphatic rings. The molecule has 8 nitrogen and oxygen atoms in total. The van der Waals surface area contributed by atoms with E-state index < -0.39 is 5.97 Å². The molecule has 2 fully saturated rings.